The van der Waals surface area contributed by atoms with Crippen molar-refractivity contribution in [3.8, 4) is 11.3 Å². The Morgan fingerprint density at radius 3 is 2.38 bits per heavy atom. The number of benzene rings is 1. The maximum absolute atomic E-state index is 15.1. The van der Waals surface area contributed by atoms with E-state index in [1.807, 2.05) is 19.9 Å². The van der Waals surface area contributed by atoms with E-state index in [1.54, 1.807) is 26.1 Å². The fourth-order valence-electron chi connectivity index (χ4n) is 4.45. The molecule has 4 heterocycles. The van der Waals surface area contributed by atoms with E-state index in [4.69, 9.17) is 0 Å². The number of hydrogen-bond acceptors (Lipinski definition) is 9. The lowest BCUT2D eigenvalue weighted by Gasteiger charge is -2.32. The first-order valence-electron chi connectivity index (χ1n) is 13.2. The molecule has 1 aromatic carbocycles. The number of aromatic nitrogens is 4. The Balaban J connectivity index is 0.00000181. The Morgan fingerprint density at radius 1 is 1.00 bits per heavy atom. The molecule has 212 valence electrons. The van der Waals surface area contributed by atoms with Crippen LogP contribution in [0.2, 0.25) is 0 Å². The number of halogens is 2. The minimum atomic E-state index is -0.764. The molecule has 0 unspecified atom stereocenters. The highest BCUT2D eigenvalue weighted by Gasteiger charge is 2.19. The molecule has 1 aliphatic rings. The molecule has 5 rings (SSSR count). The van der Waals surface area contributed by atoms with E-state index < -0.39 is 28.0 Å². The Labute approximate surface area is 235 Å². The van der Waals surface area contributed by atoms with Crippen LogP contribution in [-0.2, 0) is 6.54 Å². The quantitative estimate of drug-likeness (QED) is 0.335. The van der Waals surface area contributed by atoms with Gasteiger partial charge in [0.25, 0.3) is 4.74 Å². The average molecular weight is 570 g/mol. The normalized spacial score (nSPS) is 14.3. The smallest absolute Gasteiger partial charge is 0.309 e. The molecule has 4 aromatic rings. The van der Waals surface area contributed by atoms with Gasteiger partial charge in [0.05, 0.1) is 16.4 Å². The molecule has 0 amide bonds. The number of hydrogen-bond donors (Lipinski definition) is 1. The van der Waals surface area contributed by atoms with Crippen LogP contribution >= 0.6 is 11.3 Å². The number of nitrogens with zero attached hydrogens (tertiary/aromatic N) is 6. The third-order valence-corrected chi connectivity index (χ3v) is 7.44. The first kappa shape index (κ1) is 29.4. The fourth-order valence-corrected chi connectivity index (χ4v) is 5.24. The molecule has 0 radical (unpaired) electrons. The van der Waals surface area contributed by atoms with Crippen molar-refractivity contribution in [2.75, 3.05) is 38.5 Å². The van der Waals surface area contributed by atoms with Gasteiger partial charge in [0.2, 0.25) is 5.95 Å². The lowest BCUT2D eigenvalue weighted by atomic mass is 10.1. The van der Waals surface area contributed by atoms with Crippen LogP contribution < -0.4 is 15.6 Å². The second-order valence-corrected chi connectivity index (χ2v) is 10.6. The first-order valence-corrected chi connectivity index (χ1v) is 14.1. The van der Waals surface area contributed by atoms with E-state index in [1.165, 1.54) is 10.6 Å². The zero-order valence-electron chi connectivity index (χ0n) is 23.2. The SMILES string of the molecule is CC.CC(C)n1c(=O)c(=O)sc2c(F)cc(-c3nc(Nc4ccc(CN5CCN(C)CC5)cn4)ncc3F)cc21. The number of fused-ring (bicyclic) bond motifs is 1. The Bertz CT molecular complexity index is 1600. The lowest BCUT2D eigenvalue weighted by Crippen LogP contribution is -2.43. The second kappa shape index (κ2) is 12.7. The van der Waals surface area contributed by atoms with Crippen LogP contribution in [0.1, 0.15) is 39.3 Å². The van der Waals surface area contributed by atoms with Gasteiger partial charge in [-0.05, 0) is 44.7 Å². The van der Waals surface area contributed by atoms with Crippen molar-refractivity contribution >= 4 is 33.3 Å². The maximum Gasteiger partial charge on any atom is 0.309 e. The van der Waals surface area contributed by atoms with Gasteiger partial charge in [-0.15, -0.1) is 0 Å². The molecule has 1 saturated heterocycles. The van der Waals surface area contributed by atoms with Crippen molar-refractivity contribution < 1.29 is 8.78 Å². The standard InChI is InChI=1S/C26H27F2N7O2S.C2H6/c1-15(2)35-20-11-17(10-18(27)23(20)38-25(37)24(35)36)22-19(28)13-30-26(32-22)31-21-5-4-16(12-29-21)14-34-8-6-33(3)7-9-34;1-2/h4-5,10-13,15H,6-9,14H2,1-3H3,(H,29,30,31,32);1-2H3. The second-order valence-electron chi connectivity index (χ2n) is 9.61. The molecule has 1 N–H and O–H groups in total. The molecular formula is C28H33F2N7O2S. The van der Waals surface area contributed by atoms with Gasteiger partial charge in [0, 0.05) is 50.5 Å². The summed E-state index contributed by atoms with van der Waals surface area (Å²) in [5.41, 5.74) is 0.504. The molecule has 1 aliphatic heterocycles. The van der Waals surface area contributed by atoms with Crippen LogP contribution in [-0.4, -0.2) is 62.5 Å². The third-order valence-electron chi connectivity index (χ3n) is 6.47. The minimum Gasteiger partial charge on any atom is -0.309 e. The molecule has 3 aromatic heterocycles. The van der Waals surface area contributed by atoms with Crippen LogP contribution in [0.4, 0.5) is 20.5 Å². The highest BCUT2D eigenvalue weighted by Crippen LogP contribution is 2.29. The van der Waals surface area contributed by atoms with E-state index >= 15 is 4.39 Å². The first-order chi connectivity index (χ1) is 19.2. The average Bonchev–Trinajstić information content (AvgIpc) is 2.94. The van der Waals surface area contributed by atoms with E-state index in [9.17, 15) is 14.0 Å². The van der Waals surface area contributed by atoms with E-state index in [0.717, 1.165) is 50.6 Å². The summed E-state index contributed by atoms with van der Waals surface area (Å²) in [6.07, 6.45) is 2.77. The predicted molar refractivity (Wildman–Crippen MR) is 155 cm³/mol. The Morgan fingerprint density at radius 2 is 1.73 bits per heavy atom. The number of piperazine rings is 1. The highest BCUT2D eigenvalue weighted by atomic mass is 32.1. The molecule has 0 spiro atoms. The van der Waals surface area contributed by atoms with Gasteiger partial charge >= 0.3 is 5.56 Å². The number of anilines is 2. The van der Waals surface area contributed by atoms with Gasteiger partial charge in [-0.25, -0.2) is 23.7 Å². The van der Waals surface area contributed by atoms with Gasteiger partial charge in [-0.2, -0.15) is 0 Å². The topological polar surface area (TPSA) is 96.2 Å². The summed E-state index contributed by atoms with van der Waals surface area (Å²) < 4.78 is 30.3. The third kappa shape index (κ3) is 6.40. The molecule has 40 heavy (non-hydrogen) atoms. The molecule has 0 saturated carbocycles. The summed E-state index contributed by atoms with van der Waals surface area (Å²) in [6.45, 7) is 12.3. The largest absolute Gasteiger partial charge is 0.309 e. The molecule has 0 atom stereocenters. The van der Waals surface area contributed by atoms with Crippen LogP contribution in [0.5, 0.6) is 0 Å². The monoisotopic (exact) mass is 569 g/mol. The maximum atomic E-state index is 15.1. The van der Waals surface area contributed by atoms with Gasteiger partial charge in [0.1, 0.15) is 17.3 Å². The summed E-state index contributed by atoms with van der Waals surface area (Å²) in [6, 6.07) is 5.94. The van der Waals surface area contributed by atoms with E-state index in [2.05, 4.69) is 37.1 Å². The van der Waals surface area contributed by atoms with Gasteiger partial charge in [0.15, 0.2) is 5.82 Å². The minimum absolute atomic E-state index is 0.0285. The summed E-state index contributed by atoms with van der Waals surface area (Å²) in [5.74, 6) is -0.931. The molecule has 0 aliphatic carbocycles. The summed E-state index contributed by atoms with van der Waals surface area (Å²) in [7, 11) is 2.12. The molecule has 12 heteroatoms. The van der Waals surface area contributed by atoms with Crippen molar-refractivity contribution in [2.24, 2.45) is 0 Å². The van der Waals surface area contributed by atoms with Crippen LogP contribution in [0.15, 0.2) is 46.2 Å². The fraction of sp³-hybridized carbons (Fsp3) is 0.393. The highest BCUT2D eigenvalue weighted by molar-refractivity contribution is 7.16. The molecule has 1 fully saturated rings. The van der Waals surface area contributed by atoms with Crippen molar-refractivity contribution in [3.05, 3.63) is 73.7 Å². The van der Waals surface area contributed by atoms with Crippen molar-refractivity contribution in [1.29, 1.82) is 0 Å². The van der Waals surface area contributed by atoms with Crippen molar-refractivity contribution in [2.45, 2.75) is 40.3 Å². The van der Waals surface area contributed by atoms with Crippen LogP contribution in [0.25, 0.3) is 21.5 Å². The summed E-state index contributed by atoms with van der Waals surface area (Å²) >= 11 is 0.535. The van der Waals surface area contributed by atoms with Crippen LogP contribution in [0.3, 0.4) is 0 Å². The summed E-state index contributed by atoms with van der Waals surface area (Å²) in [5, 5.41) is 2.97. The predicted octanol–water partition coefficient (Wildman–Crippen LogP) is 4.65. The van der Waals surface area contributed by atoms with Gasteiger partial charge in [-0.3, -0.25) is 14.5 Å². The molecule has 0 bridgehead atoms. The number of rotatable bonds is 6. The zero-order chi connectivity index (χ0) is 29.0. The van der Waals surface area contributed by atoms with Gasteiger partial charge in [-0.1, -0.05) is 31.3 Å². The lowest BCUT2D eigenvalue weighted by molar-refractivity contribution is 0.148. The Hall–Kier alpha value is -3.61. The molecule has 9 nitrogen and oxygen atoms in total. The number of pyridine rings is 1. The van der Waals surface area contributed by atoms with E-state index in [0.29, 0.717) is 17.2 Å². The van der Waals surface area contributed by atoms with E-state index in [-0.39, 0.29) is 27.4 Å². The van der Waals surface area contributed by atoms with Crippen molar-refractivity contribution in [1.82, 2.24) is 29.3 Å². The molecular weight excluding hydrogens is 536 g/mol. The van der Waals surface area contributed by atoms with Crippen molar-refractivity contribution in [3.63, 3.8) is 0 Å². The summed E-state index contributed by atoms with van der Waals surface area (Å²) in [4.78, 5) is 41.9. The van der Waals surface area contributed by atoms with Crippen LogP contribution in [0, 0.1) is 11.6 Å². The number of likely N-dealkylation sites (N-methyl/N-ethyl adjacent to an activating group) is 1. The number of nitrogens with one attached hydrogen (secondary N) is 1. The Kier molecular flexibility index (Phi) is 9.33. The van der Waals surface area contributed by atoms with Gasteiger partial charge < -0.3 is 14.8 Å². The zero-order valence-corrected chi connectivity index (χ0v) is 24.1.